The average molecular weight is 379 g/mol. The molecule has 0 saturated carbocycles. The van der Waals surface area contributed by atoms with Crippen molar-refractivity contribution in [1.82, 2.24) is 19.7 Å². The fraction of sp³-hybridized carbons (Fsp3) is 0.0526. The lowest BCUT2D eigenvalue weighted by Crippen LogP contribution is -2.27. The second kappa shape index (κ2) is 6.62. The minimum atomic E-state index is -0.743. The molecule has 0 spiro atoms. The number of carbonyl (C=O) groups excluding carboxylic acids is 1. The zero-order valence-corrected chi connectivity index (χ0v) is 14.6. The van der Waals surface area contributed by atoms with Crippen LogP contribution in [0.25, 0.3) is 16.7 Å². The number of rotatable bonds is 3. The van der Waals surface area contributed by atoms with Crippen LogP contribution in [-0.4, -0.2) is 25.7 Å². The van der Waals surface area contributed by atoms with Crippen molar-refractivity contribution in [3.8, 4) is 5.69 Å². The Labute approximate surface area is 156 Å². The van der Waals surface area contributed by atoms with Crippen LogP contribution in [0, 0.1) is 12.7 Å². The molecule has 140 valence electrons. The molecule has 8 nitrogen and oxygen atoms in total. The molecule has 3 N–H and O–H groups in total. The van der Waals surface area contributed by atoms with Gasteiger partial charge in [0.1, 0.15) is 11.5 Å². The number of nitrogens with zero attached hydrogens (tertiary/aromatic N) is 2. The number of fused-ring (bicyclic) bond motifs is 1. The maximum atomic E-state index is 14.1. The number of benzene rings is 2. The number of anilines is 1. The van der Waals surface area contributed by atoms with Gasteiger partial charge in [0.05, 0.1) is 11.0 Å². The Bertz CT molecular complexity index is 1340. The van der Waals surface area contributed by atoms with Crippen LogP contribution < -0.4 is 16.4 Å². The van der Waals surface area contributed by atoms with Crippen molar-refractivity contribution in [1.29, 1.82) is 0 Å². The van der Waals surface area contributed by atoms with Crippen LogP contribution >= 0.6 is 0 Å². The number of para-hydroxylation sites is 1. The highest BCUT2D eigenvalue weighted by atomic mass is 19.1. The van der Waals surface area contributed by atoms with Gasteiger partial charge in [-0.1, -0.05) is 12.1 Å². The largest absolute Gasteiger partial charge is 0.323 e. The van der Waals surface area contributed by atoms with Crippen LogP contribution in [0.2, 0.25) is 0 Å². The Morgan fingerprint density at radius 1 is 1.07 bits per heavy atom. The fourth-order valence-corrected chi connectivity index (χ4v) is 2.87. The molecule has 2 aromatic carbocycles. The molecule has 28 heavy (non-hydrogen) atoms. The summed E-state index contributed by atoms with van der Waals surface area (Å²) in [5.41, 5.74) is 0.633. The molecule has 0 bridgehead atoms. The molecular weight excluding hydrogens is 365 g/mol. The molecule has 2 aromatic heterocycles. The number of hydrogen-bond acceptors (Lipinski definition) is 4. The summed E-state index contributed by atoms with van der Waals surface area (Å²) in [7, 11) is 0. The number of aryl methyl sites for hydroxylation is 1. The monoisotopic (exact) mass is 379 g/mol. The quantitative estimate of drug-likeness (QED) is 0.506. The molecule has 0 aliphatic rings. The van der Waals surface area contributed by atoms with Crippen LogP contribution in [0.1, 0.15) is 16.2 Å². The molecule has 0 fully saturated rings. The molecule has 0 unspecified atom stereocenters. The van der Waals surface area contributed by atoms with Gasteiger partial charge >= 0.3 is 5.69 Å². The predicted octanol–water partition coefficient (Wildman–Crippen LogP) is 2.10. The number of H-pyrrole nitrogens is 2. The number of aromatic nitrogens is 4. The molecule has 1 amide bonds. The molecule has 0 radical (unpaired) electrons. The van der Waals surface area contributed by atoms with Gasteiger partial charge in [0, 0.05) is 17.4 Å². The Hall–Kier alpha value is -4.01. The highest BCUT2D eigenvalue weighted by Gasteiger charge is 2.17. The van der Waals surface area contributed by atoms with Crippen molar-refractivity contribution >= 4 is 22.6 Å². The minimum Gasteiger partial charge on any atom is -0.320 e. The maximum absolute atomic E-state index is 14.1. The first-order valence-electron chi connectivity index (χ1n) is 8.31. The lowest BCUT2D eigenvalue weighted by molar-refractivity contribution is 0.101. The third-order valence-electron chi connectivity index (χ3n) is 4.18. The van der Waals surface area contributed by atoms with Crippen molar-refractivity contribution in [3.05, 3.63) is 86.4 Å². The van der Waals surface area contributed by atoms with Crippen molar-refractivity contribution in [2.75, 3.05) is 5.32 Å². The zero-order valence-electron chi connectivity index (χ0n) is 14.6. The van der Waals surface area contributed by atoms with Crippen molar-refractivity contribution in [3.63, 3.8) is 0 Å². The van der Waals surface area contributed by atoms with Gasteiger partial charge in [-0.2, -0.15) is 5.10 Å². The Morgan fingerprint density at radius 3 is 2.61 bits per heavy atom. The first-order valence-corrected chi connectivity index (χ1v) is 8.31. The standard InChI is InChI=1S/C19H14FN5O3/c1-10-8-16(26)17(24-25(10)15-5-3-2-4-12(15)20)18(27)21-11-6-7-13-14(9-11)23-19(28)22-13/h2-9H,1H3,(H,21,27)(H2,22,23,28). The van der Waals surface area contributed by atoms with E-state index < -0.39 is 17.2 Å². The SMILES string of the molecule is Cc1cc(=O)c(C(=O)Nc2ccc3[nH]c(=O)[nH]c3c2)nn1-c1ccccc1F. The smallest absolute Gasteiger partial charge is 0.320 e. The van der Waals surface area contributed by atoms with Crippen LogP contribution in [0.4, 0.5) is 10.1 Å². The summed E-state index contributed by atoms with van der Waals surface area (Å²) in [6, 6.07) is 11.9. The van der Waals surface area contributed by atoms with E-state index in [1.807, 2.05) is 0 Å². The first-order chi connectivity index (χ1) is 13.4. The number of hydrogen-bond donors (Lipinski definition) is 3. The van der Waals surface area contributed by atoms with Gasteiger partial charge in [0.15, 0.2) is 5.69 Å². The summed E-state index contributed by atoms with van der Waals surface area (Å²) < 4.78 is 15.3. The van der Waals surface area contributed by atoms with E-state index in [-0.39, 0.29) is 17.1 Å². The first kappa shape index (κ1) is 17.4. The van der Waals surface area contributed by atoms with Gasteiger partial charge in [0.25, 0.3) is 5.91 Å². The third-order valence-corrected chi connectivity index (χ3v) is 4.18. The molecule has 9 heteroatoms. The number of carbonyl (C=O) groups is 1. The van der Waals surface area contributed by atoms with Crippen LogP contribution in [0.3, 0.4) is 0 Å². The van der Waals surface area contributed by atoms with Gasteiger partial charge in [-0.25, -0.2) is 13.9 Å². The average Bonchev–Trinajstić information content (AvgIpc) is 3.02. The second-order valence-electron chi connectivity index (χ2n) is 6.16. The lowest BCUT2D eigenvalue weighted by Gasteiger charge is -2.12. The number of nitrogens with one attached hydrogen (secondary N) is 3. The maximum Gasteiger partial charge on any atom is 0.323 e. The van der Waals surface area contributed by atoms with E-state index in [9.17, 15) is 18.8 Å². The summed E-state index contributed by atoms with van der Waals surface area (Å²) in [5, 5.41) is 6.62. The van der Waals surface area contributed by atoms with Gasteiger partial charge in [-0.3, -0.25) is 9.59 Å². The zero-order chi connectivity index (χ0) is 19.8. The van der Waals surface area contributed by atoms with Gasteiger partial charge in [-0.05, 0) is 37.3 Å². The molecule has 0 aliphatic carbocycles. The Kier molecular flexibility index (Phi) is 4.11. The van der Waals surface area contributed by atoms with E-state index in [2.05, 4.69) is 20.4 Å². The van der Waals surface area contributed by atoms with E-state index in [1.54, 1.807) is 31.2 Å². The van der Waals surface area contributed by atoms with E-state index in [4.69, 9.17) is 0 Å². The van der Waals surface area contributed by atoms with Gasteiger partial charge in [0.2, 0.25) is 5.43 Å². The summed E-state index contributed by atoms with van der Waals surface area (Å²) in [6.45, 7) is 1.60. The Balaban J connectivity index is 1.72. The summed E-state index contributed by atoms with van der Waals surface area (Å²) >= 11 is 0. The number of halogens is 1. The summed E-state index contributed by atoms with van der Waals surface area (Å²) in [5.74, 6) is -1.28. The topological polar surface area (TPSA) is 113 Å². The third kappa shape index (κ3) is 3.09. The van der Waals surface area contributed by atoms with E-state index in [1.165, 1.54) is 28.9 Å². The highest BCUT2D eigenvalue weighted by molar-refractivity contribution is 6.03. The molecule has 0 saturated heterocycles. The lowest BCUT2D eigenvalue weighted by atomic mass is 10.2. The van der Waals surface area contributed by atoms with Crippen molar-refractivity contribution in [2.24, 2.45) is 0 Å². The van der Waals surface area contributed by atoms with Crippen LogP contribution in [-0.2, 0) is 0 Å². The Morgan fingerprint density at radius 2 is 1.82 bits per heavy atom. The van der Waals surface area contributed by atoms with E-state index in [0.717, 1.165) is 0 Å². The number of aromatic amines is 2. The van der Waals surface area contributed by atoms with Crippen molar-refractivity contribution in [2.45, 2.75) is 6.92 Å². The van der Waals surface area contributed by atoms with Gasteiger partial charge < -0.3 is 15.3 Å². The second-order valence-corrected chi connectivity index (χ2v) is 6.16. The number of amides is 1. The van der Waals surface area contributed by atoms with Crippen molar-refractivity contribution < 1.29 is 9.18 Å². The van der Waals surface area contributed by atoms with Crippen LogP contribution in [0.5, 0.6) is 0 Å². The molecular formula is C19H14FN5O3. The molecule has 4 rings (SSSR count). The highest BCUT2D eigenvalue weighted by Crippen LogP contribution is 2.16. The van der Waals surface area contributed by atoms with Gasteiger partial charge in [-0.15, -0.1) is 0 Å². The van der Waals surface area contributed by atoms with E-state index in [0.29, 0.717) is 22.4 Å². The minimum absolute atomic E-state index is 0.125. The molecule has 0 aliphatic heterocycles. The molecule has 4 aromatic rings. The molecule has 2 heterocycles. The summed E-state index contributed by atoms with van der Waals surface area (Å²) in [6.07, 6.45) is 0. The normalized spacial score (nSPS) is 10.9. The number of imidazole rings is 1. The fourth-order valence-electron chi connectivity index (χ4n) is 2.87. The predicted molar refractivity (Wildman–Crippen MR) is 101 cm³/mol. The molecule has 0 atom stereocenters. The summed E-state index contributed by atoms with van der Waals surface area (Å²) in [4.78, 5) is 41.4. The van der Waals surface area contributed by atoms with E-state index >= 15 is 0 Å². The van der Waals surface area contributed by atoms with Crippen LogP contribution in [0.15, 0.2) is 58.1 Å².